The van der Waals surface area contributed by atoms with Crippen LogP contribution in [0.15, 0.2) is 30.6 Å². The number of aryl methyl sites for hydroxylation is 1. The number of ether oxygens (including phenoxy) is 2. The number of nitrogens with one attached hydrogen (secondary N) is 2. The number of likely N-dealkylation sites (N-methyl/N-ethyl adjacent to an activating group) is 1. The highest BCUT2D eigenvalue weighted by Gasteiger charge is 2.47. The summed E-state index contributed by atoms with van der Waals surface area (Å²) in [6.07, 6.45) is -0.0998. The fraction of sp³-hybridized carbons (Fsp3) is 0.519. The maximum atomic E-state index is 12.5. The van der Waals surface area contributed by atoms with E-state index in [-0.39, 0.29) is 5.82 Å². The molecule has 7 N–H and O–H groups in total. The second-order valence-electron chi connectivity index (χ2n) is 10.5. The number of imidazole rings is 1. The average molecular weight is 585 g/mol. The second kappa shape index (κ2) is 12.9. The Balaban J connectivity index is 1.14. The average Bonchev–Trinajstić information content (AvgIpc) is 3.54. The minimum absolute atomic E-state index is 0.191. The molecule has 15 heteroatoms. The number of aromatic nitrogens is 4. The maximum absolute atomic E-state index is 12.5. The zero-order valence-electron chi connectivity index (χ0n) is 23.2. The van der Waals surface area contributed by atoms with Crippen molar-refractivity contribution in [3.8, 4) is 5.75 Å². The highest BCUT2D eigenvalue weighted by molar-refractivity contribution is 5.83. The van der Waals surface area contributed by atoms with Crippen molar-refractivity contribution >= 4 is 34.7 Å². The van der Waals surface area contributed by atoms with Crippen LogP contribution in [0.4, 0.5) is 16.3 Å². The molecule has 2 saturated heterocycles. The van der Waals surface area contributed by atoms with Crippen LogP contribution in [0.25, 0.3) is 11.2 Å². The number of carbonyl (C=O) groups excluding carboxylic acids is 2. The Morgan fingerprint density at radius 1 is 1.14 bits per heavy atom. The molecule has 0 bridgehead atoms. The molecule has 2 aliphatic heterocycles. The smallest absolute Gasteiger partial charge is 0.410 e. The number of aliphatic hydroxyl groups is 2. The number of aliphatic hydroxyl groups excluding tert-OH is 2. The maximum Gasteiger partial charge on any atom is 0.415 e. The van der Waals surface area contributed by atoms with Crippen LogP contribution >= 0.6 is 0 Å². The molecule has 4 atom stereocenters. The molecule has 5 rings (SSSR count). The molecule has 2 aliphatic rings. The first-order valence-electron chi connectivity index (χ1n) is 14.0. The number of rotatable bonds is 9. The Hall–Kier alpha value is -4.05. The quantitative estimate of drug-likeness (QED) is 0.196. The number of hydrogen-bond donors (Lipinski definition) is 6. The number of piperidine rings is 1. The van der Waals surface area contributed by atoms with Crippen LogP contribution in [0, 0.1) is 5.92 Å². The van der Waals surface area contributed by atoms with Gasteiger partial charge in [-0.15, -0.1) is 0 Å². The molecule has 2 aromatic heterocycles. The number of likely N-dealkylation sites (tertiary alicyclic amines) is 1. The van der Waals surface area contributed by atoms with E-state index < -0.39 is 36.5 Å². The molecule has 15 nitrogen and oxygen atoms in total. The highest BCUT2D eigenvalue weighted by Crippen LogP contribution is 2.32. The van der Waals surface area contributed by atoms with E-state index in [0.29, 0.717) is 60.4 Å². The Morgan fingerprint density at radius 3 is 2.57 bits per heavy atom. The molecular weight excluding hydrogens is 548 g/mol. The van der Waals surface area contributed by atoms with Gasteiger partial charge in [0.1, 0.15) is 29.3 Å². The molecule has 1 aromatic carbocycles. The molecule has 226 valence electrons. The van der Waals surface area contributed by atoms with Crippen LogP contribution in [0.1, 0.15) is 44.7 Å². The monoisotopic (exact) mass is 584 g/mol. The summed E-state index contributed by atoms with van der Waals surface area (Å²) >= 11 is 0. The standard InChI is InChI=1S/C27H36N8O7/c1-2-29-25(38)22-20(36)21(37)26(42-22)35-14-30-19-23(28)31-18(32-24(19)35)5-3-4-15-10-12-34(13-11-15)27(39)41-17-8-6-16(33-40)7-9-17/h6-9,14-15,20-22,26,33,36-37,40H,2-5,10-13H2,1H3,(H,29,38)(H2,28,31,32)/t20-,21+,22?,26?/m1/s1. The fourth-order valence-corrected chi connectivity index (χ4v) is 5.38. The lowest BCUT2D eigenvalue weighted by Crippen LogP contribution is -2.42. The third kappa shape index (κ3) is 6.23. The van der Waals surface area contributed by atoms with Gasteiger partial charge in [-0.3, -0.25) is 20.0 Å². The van der Waals surface area contributed by atoms with E-state index in [9.17, 15) is 19.8 Å². The van der Waals surface area contributed by atoms with E-state index in [1.807, 2.05) is 5.48 Å². The van der Waals surface area contributed by atoms with E-state index in [0.717, 1.165) is 25.7 Å². The predicted molar refractivity (Wildman–Crippen MR) is 149 cm³/mol. The van der Waals surface area contributed by atoms with Crippen molar-refractivity contribution in [2.45, 2.75) is 63.6 Å². The first-order valence-corrected chi connectivity index (χ1v) is 14.0. The van der Waals surface area contributed by atoms with Crippen molar-refractivity contribution in [1.29, 1.82) is 0 Å². The van der Waals surface area contributed by atoms with Crippen LogP contribution in [0.3, 0.4) is 0 Å². The van der Waals surface area contributed by atoms with Crippen LogP contribution in [-0.4, -0.2) is 89.8 Å². The van der Waals surface area contributed by atoms with Crippen LogP contribution in [0.5, 0.6) is 5.75 Å². The zero-order chi connectivity index (χ0) is 29.8. The molecule has 3 aromatic rings. The van der Waals surface area contributed by atoms with Crippen LogP contribution in [0.2, 0.25) is 0 Å². The second-order valence-corrected chi connectivity index (χ2v) is 10.5. The largest absolute Gasteiger partial charge is 0.415 e. The van der Waals surface area contributed by atoms with Gasteiger partial charge in [0.15, 0.2) is 23.8 Å². The number of amides is 2. The van der Waals surface area contributed by atoms with Gasteiger partial charge in [0.2, 0.25) is 0 Å². The summed E-state index contributed by atoms with van der Waals surface area (Å²) in [5, 5.41) is 32.5. The van der Waals surface area contributed by atoms with Gasteiger partial charge >= 0.3 is 6.09 Å². The first-order chi connectivity index (χ1) is 20.3. The number of carbonyl (C=O) groups is 2. The van der Waals surface area contributed by atoms with Crippen molar-refractivity contribution in [3.63, 3.8) is 0 Å². The summed E-state index contributed by atoms with van der Waals surface area (Å²) in [5.74, 6) is 1.03. The summed E-state index contributed by atoms with van der Waals surface area (Å²) in [6, 6.07) is 6.43. The highest BCUT2D eigenvalue weighted by atomic mass is 16.6. The normalized spacial score (nSPS) is 22.8. The summed E-state index contributed by atoms with van der Waals surface area (Å²) < 4.78 is 12.6. The van der Waals surface area contributed by atoms with E-state index >= 15 is 0 Å². The third-order valence-corrected chi connectivity index (χ3v) is 7.69. The summed E-state index contributed by atoms with van der Waals surface area (Å²) in [4.78, 5) is 39.8. The van der Waals surface area contributed by atoms with E-state index in [1.54, 1.807) is 36.1 Å². The lowest BCUT2D eigenvalue weighted by Gasteiger charge is -2.31. The molecule has 0 saturated carbocycles. The molecule has 0 aliphatic carbocycles. The minimum Gasteiger partial charge on any atom is -0.410 e. The van der Waals surface area contributed by atoms with E-state index in [1.165, 1.54) is 10.9 Å². The predicted octanol–water partition coefficient (Wildman–Crippen LogP) is 1.20. The van der Waals surface area contributed by atoms with Gasteiger partial charge in [-0.1, -0.05) is 0 Å². The number of hydrogen-bond acceptors (Lipinski definition) is 12. The summed E-state index contributed by atoms with van der Waals surface area (Å²) in [6.45, 7) is 3.30. The van der Waals surface area contributed by atoms with Gasteiger partial charge in [0, 0.05) is 26.1 Å². The van der Waals surface area contributed by atoms with E-state index in [4.69, 9.17) is 20.4 Å². The molecule has 4 heterocycles. The minimum atomic E-state index is -1.41. The number of anilines is 2. The fourth-order valence-electron chi connectivity index (χ4n) is 5.38. The summed E-state index contributed by atoms with van der Waals surface area (Å²) in [5.41, 5.74) is 9.39. The number of nitrogens with zero attached hydrogens (tertiary/aromatic N) is 5. The Labute approximate surface area is 241 Å². The molecule has 42 heavy (non-hydrogen) atoms. The van der Waals surface area contributed by atoms with Gasteiger partial charge < -0.3 is 35.6 Å². The lowest BCUT2D eigenvalue weighted by atomic mass is 9.91. The van der Waals surface area contributed by atoms with Crippen molar-refractivity contribution in [1.82, 2.24) is 29.7 Å². The Kier molecular flexibility index (Phi) is 9.01. The van der Waals surface area contributed by atoms with Gasteiger partial charge in [0.05, 0.1) is 12.0 Å². The van der Waals surface area contributed by atoms with Crippen molar-refractivity contribution in [2.24, 2.45) is 5.92 Å². The van der Waals surface area contributed by atoms with Gasteiger partial charge in [-0.25, -0.2) is 19.7 Å². The van der Waals surface area contributed by atoms with Crippen LogP contribution < -0.4 is 21.3 Å². The van der Waals surface area contributed by atoms with Gasteiger partial charge in [-0.05, 0) is 62.8 Å². The molecule has 0 spiro atoms. The number of nitrogen functional groups attached to an aromatic ring is 1. The first kappa shape index (κ1) is 29.4. The number of fused-ring (bicyclic) bond motifs is 1. The van der Waals surface area contributed by atoms with Crippen molar-refractivity contribution in [2.75, 3.05) is 30.8 Å². The van der Waals surface area contributed by atoms with Gasteiger partial charge in [0.25, 0.3) is 5.91 Å². The number of benzene rings is 1. The number of nitrogens with two attached hydrogens (primary N) is 1. The molecule has 0 radical (unpaired) electrons. The van der Waals surface area contributed by atoms with E-state index in [2.05, 4.69) is 20.3 Å². The Bertz CT molecular complexity index is 1390. The molecule has 2 unspecified atom stereocenters. The zero-order valence-corrected chi connectivity index (χ0v) is 23.2. The SMILES string of the molecule is CCNC(=O)C1OC(n2cnc3c(N)nc(CCCC4CCN(C(=O)Oc5ccc(NO)cc5)CC4)nc32)[C@@H](O)[C@H]1O. The van der Waals surface area contributed by atoms with Crippen molar-refractivity contribution in [3.05, 3.63) is 36.4 Å². The van der Waals surface area contributed by atoms with Crippen LogP contribution in [-0.2, 0) is 16.0 Å². The van der Waals surface area contributed by atoms with Gasteiger partial charge in [-0.2, -0.15) is 0 Å². The lowest BCUT2D eigenvalue weighted by molar-refractivity contribution is -0.137. The molecular formula is C27H36N8O7. The topological polar surface area (TPSA) is 210 Å². The molecule has 2 fully saturated rings. The molecule has 2 amide bonds. The van der Waals surface area contributed by atoms with Crippen molar-refractivity contribution < 1.29 is 34.5 Å². The Morgan fingerprint density at radius 2 is 1.88 bits per heavy atom. The summed E-state index contributed by atoms with van der Waals surface area (Å²) in [7, 11) is 0. The third-order valence-electron chi connectivity index (χ3n) is 7.69.